The van der Waals surface area contributed by atoms with Crippen molar-refractivity contribution < 1.29 is 9.47 Å². The summed E-state index contributed by atoms with van der Waals surface area (Å²) in [5.74, 6) is 2.75. The van der Waals surface area contributed by atoms with Gasteiger partial charge in [-0.2, -0.15) is 0 Å². The van der Waals surface area contributed by atoms with E-state index in [0.717, 1.165) is 29.5 Å². The van der Waals surface area contributed by atoms with Gasteiger partial charge in [-0.25, -0.2) is 0 Å². The first-order chi connectivity index (χ1) is 8.72. The number of nitrogens with one attached hydrogen (secondary N) is 1. The topological polar surface area (TPSA) is 30.5 Å². The van der Waals surface area contributed by atoms with Gasteiger partial charge in [0, 0.05) is 18.2 Å². The Kier molecular flexibility index (Phi) is 4.48. The van der Waals surface area contributed by atoms with Gasteiger partial charge in [0.1, 0.15) is 11.5 Å². The minimum atomic E-state index is 0.563. The lowest BCUT2D eigenvalue weighted by atomic mass is 10.1. The molecule has 1 atom stereocenters. The van der Waals surface area contributed by atoms with Gasteiger partial charge in [0.15, 0.2) is 0 Å². The highest BCUT2D eigenvalue weighted by Gasteiger charge is 2.23. The molecule has 0 spiro atoms. The van der Waals surface area contributed by atoms with Crippen LogP contribution < -0.4 is 14.8 Å². The summed E-state index contributed by atoms with van der Waals surface area (Å²) in [6.07, 6.45) is 4.11. The summed E-state index contributed by atoms with van der Waals surface area (Å²) in [5.41, 5.74) is 1.15. The second kappa shape index (κ2) is 6.10. The molecule has 1 aliphatic rings. The monoisotopic (exact) mass is 249 g/mol. The fraction of sp³-hybridized carbons (Fsp3) is 0.600. The Labute approximate surface area is 109 Å². The molecule has 1 aromatic carbocycles. The molecule has 1 fully saturated rings. The highest BCUT2D eigenvalue weighted by atomic mass is 16.5. The summed E-state index contributed by atoms with van der Waals surface area (Å²) < 4.78 is 10.6. The Morgan fingerprint density at radius 2 is 2.06 bits per heavy atom. The van der Waals surface area contributed by atoms with Crippen molar-refractivity contribution >= 4 is 0 Å². The van der Waals surface area contributed by atoms with Gasteiger partial charge in [-0.05, 0) is 37.5 Å². The van der Waals surface area contributed by atoms with E-state index in [1.807, 2.05) is 18.2 Å². The van der Waals surface area contributed by atoms with E-state index in [9.17, 15) is 0 Å². The zero-order valence-corrected chi connectivity index (χ0v) is 11.5. The van der Waals surface area contributed by atoms with Crippen LogP contribution in [0.2, 0.25) is 0 Å². The lowest BCUT2D eigenvalue weighted by Gasteiger charge is -2.15. The smallest absolute Gasteiger partial charge is 0.123 e. The summed E-state index contributed by atoms with van der Waals surface area (Å²) in [6.45, 7) is 3.08. The summed E-state index contributed by atoms with van der Waals surface area (Å²) in [5, 5.41) is 3.56. The molecule has 3 heteroatoms. The molecular formula is C15H23NO2. The van der Waals surface area contributed by atoms with Crippen LogP contribution in [-0.2, 0) is 6.54 Å². The minimum absolute atomic E-state index is 0.563. The summed E-state index contributed by atoms with van der Waals surface area (Å²) >= 11 is 0. The van der Waals surface area contributed by atoms with Crippen LogP contribution in [0.5, 0.6) is 11.5 Å². The maximum absolute atomic E-state index is 5.37. The molecule has 1 aliphatic carbocycles. The first-order valence-corrected chi connectivity index (χ1v) is 6.67. The zero-order chi connectivity index (χ0) is 13.0. The Bertz CT molecular complexity index is 388. The van der Waals surface area contributed by atoms with Crippen LogP contribution in [0.3, 0.4) is 0 Å². The fourth-order valence-corrected chi connectivity index (χ4v) is 2.24. The maximum atomic E-state index is 5.37. The average Bonchev–Trinajstić information content (AvgIpc) is 3.19. The molecule has 0 aliphatic heterocycles. The van der Waals surface area contributed by atoms with Gasteiger partial charge >= 0.3 is 0 Å². The first-order valence-electron chi connectivity index (χ1n) is 6.67. The molecule has 0 radical (unpaired) electrons. The van der Waals surface area contributed by atoms with E-state index >= 15 is 0 Å². The summed E-state index contributed by atoms with van der Waals surface area (Å²) in [6, 6.07) is 6.49. The van der Waals surface area contributed by atoms with Crippen LogP contribution in [0.4, 0.5) is 0 Å². The van der Waals surface area contributed by atoms with Crippen molar-refractivity contribution in [3.05, 3.63) is 23.8 Å². The Morgan fingerprint density at radius 1 is 1.28 bits per heavy atom. The third kappa shape index (κ3) is 3.64. The van der Waals surface area contributed by atoms with Crippen molar-refractivity contribution in [2.75, 3.05) is 14.2 Å². The molecule has 1 N–H and O–H groups in total. The first kappa shape index (κ1) is 13.2. The second-order valence-corrected chi connectivity index (χ2v) is 5.14. The molecule has 0 heterocycles. The van der Waals surface area contributed by atoms with Crippen LogP contribution in [0.25, 0.3) is 0 Å². The van der Waals surface area contributed by atoms with Gasteiger partial charge in [-0.3, -0.25) is 0 Å². The highest BCUT2D eigenvalue weighted by molar-refractivity contribution is 5.40. The predicted molar refractivity (Wildman–Crippen MR) is 73.2 cm³/mol. The van der Waals surface area contributed by atoms with Crippen LogP contribution in [0, 0.1) is 5.92 Å². The van der Waals surface area contributed by atoms with E-state index in [-0.39, 0.29) is 0 Å². The molecule has 18 heavy (non-hydrogen) atoms. The summed E-state index contributed by atoms with van der Waals surface area (Å²) in [7, 11) is 3.40. The number of rotatable bonds is 7. The quantitative estimate of drug-likeness (QED) is 0.806. The van der Waals surface area contributed by atoms with E-state index in [1.165, 1.54) is 19.3 Å². The molecule has 0 bridgehead atoms. The molecule has 0 aromatic heterocycles. The van der Waals surface area contributed by atoms with E-state index in [1.54, 1.807) is 14.2 Å². The molecule has 0 saturated heterocycles. The zero-order valence-electron chi connectivity index (χ0n) is 11.5. The van der Waals surface area contributed by atoms with Crippen molar-refractivity contribution in [3.63, 3.8) is 0 Å². The van der Waals surface area contributed by atoms with Crippen LogP contribution in [0.1, 0.15) is 31.7 Å². The number of benzene rings is 1. The number of hydrogen-bond donors (Lipinski definition) is 1. The standard InChI is InChI=1S/C15H23NO2/c1-11(8-12-4-5-12)16-10-13-9-14(17-2)6-7-15(13)18-3/h6-7,9,11-12,16H,4-5,8,10H2,1-3H3. The van der Waals surface area contributed by atoms with E-state index < -0.39 is 0 Å². The molecule has 2 rings (SSSR count). The number of ether oxygens (including phenoxy) is 2. The summed E-state index contributed by atoms with van der Waals surface area (Å²) in [4.78, 5) is 0. The van der Waals surface area contributed by atoms with Gasteiger partial charge in [-0.1, -0.05) is 12.8 Å². The van der Waals surface area contributed by atoms with E-state index in [0.29, 0.717) is 6.04 Å². The third-order valence-corrected chi connectivity index (χ3v) is 3.51. The average molecular weight is 249 g/mol. The Balaban J connectivity index is 1.93. The van der Waals surface area contributed by atoms with Crippen molar-refractivity contribution in [1.29, 1.82) is 0 Å². The Hall–Kier alpha value is -1.22. The van der Waals surface area contributed by atoms with Crippen molar-refractivity contribution in [2.45, 2.75) is 38.8 Å². The van der Waals surface area contributed by atoms with Crippen LogP contribution in [0.15, 0.2) is 18.2 Å². The normalized spacial score (nSPS) is 16.4. The Morgan fingerprint density at radius 3 is 2.67 bits per heavy atom. The molecule has 100 valence electrons. The van der Waals surface area contributed by atoms with Gasteiger partial charge in [0.05, 0.1) is 14.2 Å². The largest absolute Gasteiger partial charge is 0.497 e. The molecule has 1 unspecified atom stereocenters. The molecule has 3 nitrogen and oxygen atoms in total. The van der Waals surface area contributed by atoms with Gasteiger partial charge < -0.3 is 14.8 Å². The lowest BCUT2D eigenvalue weighted by molar-refractivity contribution is 0.394. The SMILES string of the molecule is COc1ccc(OC)c(CNC(C)CC2CC2)c1. The van der Waals surface area contributed by atoms with Crippen molar-refractivity contribution in [3.8, 4) is 11.5 Å². The number of methoxy groups -OCH3 is 2. The van der Waals surface area contributed by atoms with Crippen LogP contribution in [-0.4, -0.2) is 20.3 Å². The van der Waals surface area contributed by atoms with E-state index in [4.69, 9.17) is 9.47 Å². The lowest BCUT2D eigenvalue weighted by Crippen LogP contribution is -2.26. The van der Waals surface area contributed by atoms with Crippen molar-refractivity contribution in [2.24, 2.45) is 5.92 Å². The van der Waals surface area contributed by atoms with Crippen molar-refractivity contribution in [1.82, 2.24) is 5.32 Å². The molecule has 1 aromatic rings. The fourth-order valence-electron chi connectivity index (χ4n) is 2.24. The molecule has 0 amide bonds. The second-order valence-electron chi connectivity index (χ2n) is 5.14. The minimum Gasteiger partial charge on any atom is -0.497 e. The highest BCUT2D eigenvalue weighted by Crippen LogP contribution is 2.33. The van der Waals surface area contributed by atoms with E-state index in [2.05, 4.69) is 12.2 Å². The van der Waals surface area contributed by atoms with Gasteiger partial charge in [0.2, 0.25) is 0 Å². The van der Waals surface area contributed by atoms with Crippen LogP contribution >= 0.6 is 0 Å². The third-order valence-electron chi connectivity index (χ3n) is 3.51. The van der Waals surface area contributed by atoms with Gasteiger partial charge in [-0.15, -0.1) is 0 Å². The maximum Gasteiger partial charge on any atom is 0.123 e. The van der Waals surface area contributed by atoms with Gasteiger partial charge in [0.25, 0.3) is 0 Å². The predicted octanol–water partition coefficient (Wildman–Crippen LogP) is 2.98. The number of hydrogen-bond acceptors (Lipinski definition) is 3. The molecule has 1 saturated carbocycles. The molecular weight excluding hydrogens is 226 g/mol.